The van der Waals surface area contributed by atoms with Crippen molar-refractivity contribution in [1.29, 1.82) is 0 Å². The van der Waals surface area contributed by atoms with Gasteiger partial charge in [-0.1, -0.05) is 42.0 Å². The highest BCUT2D eigenvalue weighted by Crippen LogP contribution is 2.20. The Morgan fingerprint density at radius 1 is 0.905 bits per heavy atom. The van der Waals surface area contributed by atoms with Gasteiger partial charge in [-0.3, -0.25) is 4.57 Å². The van der Waals surface area contributed by atoms with Crippen LogP contribution in [-0.2, 0) is 0 Å². The van der Waals surface area contributed by atoms with E-state index in [1.165, 1.54) is 5.56 Å². The lowest BCUT2D eigenvalue weighted by Crippen LogP contribution is -2.15. The summed E-state index contributed by atoms with van der Waals surface area (Å²) in [4.78, 5) is 15.2. The van der Waals surface area contributed by atoms with Crippen LogP contribution < -0.4 is 5.69 Å². The smallest absolute Gasteiger partial charge is 0.305 e. The molecule has 2 aromatic carbocycles. The van der Waals surface area contributed by atoms with E-state index in [-0.39, 0.29) is 5.69 Å². The van der Waals surface area contributed by atoms with Crippen molar-refractivity contribution in [2.75, 3.05) is 0 Å². The molecule has 0 spiro atoms. The first kappa shape index (κ1) is 13.4. The van der Waals surface area contributed by atoms with Crippen LogP contribution in [0.3, 0.4) is 0 Å². The van der Waals surface area contributed by atoms with Gasteiger partial charge in [0.1, 0.15) is 0 Å². The summed E-state index contributed by atoms with van der Waals surface area (Å²) < 4.78 is 1.68. The van der Waals surface area contributed by atoms with Gasteiger partial charge >= 0.3 is 5.69 Å². The molecular weight excluding hydrogens is 260 g/mol. The molecule has 0 saturated carbocycles. The van der Waals surface area contributed by atoms with Crippen LogP contribution in [0.15, 0.2) is 53.5 Å². The summed E-state index contributed by atoms with van der Waals surface area (Å²) >= 11 is 0. The Hall–Kier alpha value is -2.55. The highest BCUT2D eigenvalue weighted by atomic mass is 16.1. The van der Waals surface area contributed by atoms with Crippen molar-refractivity contribution in [2.45, 2.75) is 20.8 Å². The molecule has 3 nitrogen and oxygen atoms in total. The highest BCUT2D eigenvalue weighted by Gasteiger charge is 2.09. The van der Waals surface area contributed by atoms with Crippen molar-refractivity contribution in [2.24, 2.45) is 0 Å². The zero-order valence-corrected chi connectivity index (χ0v) is 12.5. The van der Waals surface area contributed by atoms with E-state index in [9.17, 15) is 4.79 Å². The van der Waals surface area contributed by atoms with Crippen LogP contribution in [0, 0.1) is 20.8 Å². The van der Waals surface area contributed by atoms with E-state index in [0.29, 0.717) is 0 Å². The molecule has 0 radical (unpaired) electrons. The maximum atomic E-state index is 12.3. The molecule has 106 valence electrons. The molecule has 3 rings (SSSR count). The second kappa shape index (κ2) is 5.09. The number of hydrogen-bond donors (Lipinski definition) is 1. The van der Waals surface area contributed by atoms with Crippen molar-refractivity contribution >= 4 is 0 Å². The number of aryl methyl sites for hydroxylation is 3. The fourth-order valence-corrected chi connectivity index (χ4v) is 2.43. The first-order valence-corrected chi connectivity index (χ1v) is 7.01. The van der Waals surface area contributed by atoms with Crippen molar-refractivity contribution in [3.63, 3.8) is 0 Å². The molecule has 1 aromatic heterocycles. The first-order chi connectivity index (χ1) is 10.0. The van der Waals surface area contributed by atoms with E-state index in [0.717, 1.165) is 28.1 Å². The number of nitrogens with zero attached hydrogens (tertiary/aromatic N) is 1. The standard InChI is InChI=1S/C18H18N2O/c1-12-5-8-15(9-6-12)16-11-20(18(21)19-16)17-10-13(2)4-7-14(17)3/h4-11H,1-3H3,(H,19,21). The number of hydrogen-bond acceptors (Lipinski definition) is 1. The van der Waals surface area contributed by atoms with Gasteiger partial charge in [0.05, 0.1) is 11.4 Å². The van der Waals surface area contributed by atoms with Crippen LogP contribution in [0.5, 0.6) is 0 Å². The zero-order chi connectivity index (χ0) is 15.0. The number of nitrogens with one attached hydrogen (secondary N) is 1. The number of H-pyrrole nitrogens is 1. The second-order valence-corrected chi connectivity index (χ2v) is 5.50. The molecule has 0 aliphatic carbocycles. The monoisotopic (exact) mass is 278 g/mol. The van der Waals surface area contributed by atoms with Gasteiger partial charge in [0.2, 0.25) is 0 Å². The molecule has 0 aliphatic heterocycles. The van der Waals surface area contributed by atoms with Gasteiger partial charge in [0, 0.05) is 6.20 Å². The topological polar surface area (TPSA) is 37.8 Å². The number of imidazole rings is 1. The molecule has 0 bridgehead atoms. The predicted molar refractivity (Wildman–Crippen MR) is 86.0 cm³/mol. The number of aromatic amines is 1. The lowest BCUT2D eigenvalue weighted by Gasteiger charge is -2.06. The van der Waals surface area contributed by atoms with Gasteiger partial charge in [-0.15, -0.1) is 0 Å². The molecule has 0 unspecified atom stereocenters. The molecular formula is C18H18N2O. The Morgan fingerprint density at radius 2 is 1.57 bits per heavy atom. The number of aromatic nitrogens is 2. The summed E-state index contributed by atoms with van der Waals surface area (Å²) in [5.74, 6) is 0. The van der Waals surface area contributed by atoms with Crippen LogP contribution in [-0.4, -0.2) is 9.55 Å². The van der Waals surface area contributed by atoms with Gasteiger partial charge < -0.3 is 4.98 Å². The lowest BCUT2D eigenvalue weighted by atomic mass is 10.1. The van der Waals surface area contributed by atoms with E-state index in [4.69, 9.17) is 0 Å². The largest absolute Gasteiger partial charge is 0.330 e. The van der Waals surface area contributed by atoms with Crippen LogP contribution >= 0.6 is 0 Å². The van der Waals surface area contributed by atoms with Crippen LogP contribution in [0.25, 0.3) is 16.9 Å². The fraction of sp³-hybridized carbons (Fsp3) is 0.167. The van der Waals surface area contributed by atoms with E-state index < -0.39 is 0 Å². The van der Waals surface area contributed by atoms with Crippen LogP contribution in [0.1, 0.15) is 16.7 Å². The molecule has 0 aliphatic rings. The first-order valence-electron chi connectivity index (χ1n) is 7.01. The third-order valence-electron chi connectivity index (χ3n) is 3.71. The van der Waals surface area contributed by atoms with E-state index in [1.54, 1.807) is 4.57 Å². The lowest BCUT2D eigenvalue weighted by molar-refractivity contribution is 0.973. The van der Waals surface area contributed by atoms with E-state index in [1.807, 2.05) is 63.4 Å². The highest BCUT2D eigenvalue weighted by molar-refractivity contribution is 5.59. The van der Waals surface area contributed by atoms with Gasteiger partial charge in [0.15, 0.2) is 0 Å². The minimum atomic E-state index is -0.112. The molecule has 3 heteroatoms. The third-order valence-corrected chi connectivity index (χ3v) is 3.71. The Kier molecular flexibility index (Phi) is 3.26. The minimum Gasteiger partial charge on any atom is -0.305 e. The Morgan fingerprint density at radius 3 is 2.29 bits per heavy atom. The third kappa shape index (κ3) is 2.55. The summed E-state index contributed by atoms with van der Waals surface area (Å²) in [5.41, 5.74) is 6.09. The van der Waals surface area contributed by atoms with E-state index >= 15 is 0 Å². The van der Waals surface area contributed by atoms with Crippen molar-refractivity contribution in [1.82, 2.24) is 9.55 Å². The van der Waals surface area contributed by atoms with Gasteiger partial charge in [-0.2, -0.15) is 0 Å². The van der Waals surface area contributed by atoms with Crippen LogP contribution in [0.2, 0.25) is 0 Å². The summed E-state index contributed by atoms with van der Waals surface area (Å²) in [6.45, 7) is 6.09. The fourth-order valence-electron chi connectivity index (χ4n) is 2.43. The summed E-state index contributed by atoms with van der Waals surface area (Å²) in [6, 6.07) is 14.3. The van der Waals surface area contributed by atoms with Gasteiger partial charge in [-0.25, -0.2) is 4.79 Å². The molecule has 0 amide bonds. The minimum absolute atomic E-state index is 0.112. The molecule has 3 aromatic rings. The maximum Gasteiger partial charge on any atom is 0.330 e. The van der Waals surface area contributed by atoms with E-state index in [2.05, 4.69) is 11.1 Å². The molecule has 0 saturated heterocycles. The van der Waals surface area contributed by atoms with Crippen molar-refractivity contribution in [3.05, 3.63) is 75.8 Å². The maximum absolute atomic E-state index is 12.3. The number of rotatable bonds is 2. The van der Waals surface area contributed by atoms with Crippen LogP contribution in [0.4, 0.5) is 0 Å². The molecule has 0 fully saturated rings. The predicted octanol–water partition coefficient (Wildman–Crippen LogP) is 3.76. The molecule has 1 heterocycles. The Labute approximate surface area is 123 Å². The SMILES string of the molecule is Cc1ccc(-c2cn(-c3cc(C)ccc3C)c(=O)[nH]2)cc1. The summed E-state index contributed by atoms with van der Waals surface area (Å²) in [5, 5.41) is 0. The van der Waals surface area contributed by atoms with Gasteiger partial charge in [0.25, 0.3) is 0 Å². The average molecular weight is 278 g/mol. The van der Waals surface area contributed by atoms with Crippen molar-refractivity contribution in [3.8, 4) is 16.9 Å². The Balaban J connectivity index is 2.12. The molecule has 0 atom stereocenters. The van der Waals surface area contributed by atoms with Crippen molar-refractivity contribution < 1.29 is 0 Å². The number of benzene rings is 2. The summed E-state index contributed by atoms with van der Waals surface area (Å²) in [7, 11) is 0. The molecule has 21 heavy (non-hydrogen) atoms. The zero-order valence-electron chi connectivity index (χ0n) is 12.5. The Bertz CT molecular complexity index is 838. The molecule has 1 N–H and O–H groups in total. The average Bonchev–Trinajstić information content (AvgIpc) is 2.84. The quantitative estimate of drug-likeness (QED) is 0.761. The second-order valence-electron chi connectivity index (χ2n) is 5.50. The normalized spacial score (nSPS) is 10.8. The summed E-state index contributed by atoms with van der Waals surface area (Å²) in [6.07, 6.45) is 1.87. The van der Waals surface area contributed by atoms with Gasteiger partial charge in [-0.05, 0) is 43.5 Å².